The second kappa shape index (κ2) is 9.41. The van der Waals surface area contributed by atoms with Crippen LogP contribution in [0.25, 0.3) is 22.4 Å². The first kappa shape index (κ1) is 24.8. The van der Waals surface area contributed by atoms with Gasteiger partial charge in [0.2, 0.25) is 0 Å². The van der Waals surface area contributed by atoms with E-state index in [9.17, 15) is 18.0 Å². The number of benzene rings is 1. The molecular weight excluding hydrogens is 466 g/mol. The zero-order valence-corrected chi connectivity index (χ0v) is 21.3. The van der Waals surface area contributed by atoms with Crippen molar-refractivity contribution in [2.24, 2.45) is 5.41 Å². The van der Waals surface area contributed by atoms with E-state index in [2.05, 4.69) is 20.2 Å². The Morgan fingerprint density at radius 2 is 1.86 bits per heavy atom. The summed E-state index contributed by atoms with van der Waals surface area (Å²) >= 11 is 0. The Labute approximate surface area is 205 Å². The lowest BCUT2D eigenvalue weighted by molar-refractivity contribution is 0.0859. The maximum absolute atomic E-state index is 12.9. The molecule has 1 aliphatic rings. The van der Waals surface area contributed by atoms with Gasteiger partial charge in [0.25, 0.3) is 5.91 Å². The van der Waals surface area contributed by atoms with Crippen molar-refractivity contribution in [3.63, 3.8) is 0 Å². The number of aromatic amines is 1. The molecule has 10 heteroatoms. The fraction of sp³-hybridized carbons (Fsp3) is 0.440. The summed E-state index contributed by atoms with van der Waals surface area (Å²) in [5.41, 5.74) is 3.49. The third-order valence-corrected chi connectivity index (χ3v) is 6.96. The Bertz CT molecular complexity index is 1380. The average Bonchev–Trinajstić information content (AvgIpc) is 3.46. The lowest BCUT2D eigenvalue weighted by Gasteiger charge is -2.20. The molecule has 1 fully saturated rings. The quantitative estimate of drug-likeness (QED) is 0.480. The minimum absolute atomic E-state index is 0.0352. The number of fused-ring (bicyclic) bond motifs is 1. The van der Waals surface area contributed by atoms with Gasteiger partial charge in [-0.15, -0.1) is 0 Å². The van der Waals surface area contributed by atoms with Crippen LogP contribution in [-0.4, -0.2) is 66.7 Å². The molecular formula is C25H31N5O4S. The van der Waals surface area contributed by atoms with Crippen molar-refractivity contribution in [1.29, 1.82) is 0 Å². The largest absolute Gasteiger partial charge is 0.371 e. The number of aromatic nitrogens is 3. The number of hydrogen-bond acceptors (Lipinski definition) is 7. The number of carbonyl (C=O) groups excluding carboxylic acids is 2. The van der Waals surface area contributed by atoms with Crippen LogP contribution in [0, 0.1) is 5.41 Å². The van der Waals surface area contributed by atoms with Crippen molar-refractivity contribution < 1.29 is 18.0 Å². The molecule has 1 aliphatic heterocycles. The van der Waals surface area contributed by atoms with Gasteiger partial charge >= 0.3 is 0 Å². The third-order valence-electron chi connectivity index (χ3n) is 6.01. The highest BCUT2D eigenvalue weighted by Crippen LogP contribution is 2.30. The van der Waals surface area contributed by atoms with E-state index in [-0.39, 0.29) is 24.0 Å². The topological polar surface area (TPSA) is 125 Å². The van der Waals surface area contributed by atoms with Crippen LogP contribution in [0.1, 0.15) is 54.3 Å². The molecule has 1 aromatic carbocycles. The zero-order valence-electron chi connectivity index (χ0n) is 20.5. The number of carbonyl (C=O) groups is 2. The highest BCUT2D eigenvalue weighted by Gasteiger charge is 2.27. The van der Waals surface area contributed by atoms with E-state index in [1.807, 2.05) is 32.9 Å². The normalized spacial score (nSPS) is 14.5. The van der Waals surface area contributed by atoms with Gasteiger partial charge in [0.05, 0.1) is 23.2 Å². The van der Waals surface area contributed by atoms with Crippen LogP contribution in [-0.2, 0) is 9.84 Å². The molecule has 0 unspecified atom stereocenters. The summed E-state index contributed by atoms with van der Waals surface area (Å²) in [7, 11) is -3.18. The van der Waals surface area contributed by atoms with Crippen LogP contribution >= 0.6 is 0 Å². The summed E-state index contributed by atoms with van der Waals surface area (Å²) in [6.45, 7) is 7.41. The highest BCUT2D eigenvalue weighted by molar-refractivity contribution is 7.90. The number of nitrogens with one attached hydrogen (secondary N) is 2. The lowest BCUT2D eigenvalue weighted by atomic mass is 9.87. The van der Waals surface area contributed by atoms with Crippen molar-refractivity contribution in [3.8, 4) is 11.3 Å². The maximum atomic E-state index is 12.9. The number of sulfone groups is 1. The van der Waals surface area contributed by atoms with Crippen LogP contribution in [0.3, 0.4) is 0 Å². The number of amides is 1. The van der Waals surface area contributed by atoms with Crippen molar-refractivity contribution in [3.05, 3.63) is 41.7 Å². The summed E-state index contributed by atoms with van der Waals surface area (Å²) in [4.78, 5) is 40.3. The highest BCUT2D eigenvalue weighted by atomic mass is 32.2. The van der Waals surface area contributed by atoms with Gasteiger partial charge in [-0.05, 0) is 31.0 Å². The Morgan fingerprint density at radius 1 is 1.14 bits per heavy atom. The minimum atomic E-state index is -3.18. The molecule has 3 aromatic rings. The monoisotopic (exact) mass is 497 g/mol. The van der Waals surface area contributed by atoms with Gasteiger partial charge in [-0.3, -0.25) is 9.59 Å². The Kier molecular flexibility index (Phi) is 6.68. The number of Topliss-reactive ketones (excluding diaryl/α,β-unsaturated/α-hetero) is 1. The maximum Gasteiger partial charge on any atom is 0.251 e. The van der Waals surface area contributed by atoms with E-state index >= 15 is 0 Å². The van der Waals surface area contributed by atoms with Gasteiger partial charge < -0.3 is 15.2 Å². The van der Waals surface area contributed by atoms with Crippen LogP contribution < -0.4 is 10.2 Å². The molecule has 0 aliphatic carbocycles. The van der Waals surface area contributed by atoms with Crippen LogP contribution in [0.4, 0.5) is 5.69 Å². The molecule has 0 atom stereocenters. The van der Waals surface area contributed by atoms with Gasteiger partial charge in [0.1, 0.15) is 15.4 Å². The summed E-state index contributed by atoms with van der Waals surface area (Å²) in [5.74, 6) is -0.514. The number of hydrogen-bond donors (Lipinski definition) is 2. The van der Waals surface area contributed by atoms with Crippen LogP contribution in [0.5, 0.6) is 0 Å². The second-order valence-electron chi connectivity index (χ2n) is 10.1. The molecule has 4 rings (SSSR count). The Hall–Kier alpha value is -3.27. The standard InChI is InChI=1S/C25H31N5O4S/c1-25(2,3)22(31)19-14-27-23-21(19)29-20(15-28-23)16-11-17(24(32)26-7-10-35(4,33)34)13-18(12-16)30-8-5-6-9-30/h11-15H,5-10H2,1-4H3,(H,26,32)(H,27,28). The third kappa shape index (κ3) is 5.70. The molecule has 35 heavy (non-hydrogen) atoms. The first-order valence-corrected chi connectivity index (χ1v) is 13.7. The fourth-order valence-corrected chi connectivity index (χ4v) is 4.58. The molecule has 1 amide bonds. The number of anilines is 1. The van der Waals surface area contributed by atoms with E-state index in [1.165, 1.54) is 0 Å². The van der Waals surface area contributed by atoms with Crippen molar-refractivity contribution in [2.45, 2.75) is 33.6 Å². The van der Waals surface area contributed by atoms with E-state index < -0.39 is 15.3 Å². The molecule has 3 heterocycles. The summed E-state index contributed by atoms with van der Waals surface area (Å²) in [6.07, 6.45) is 6.56. The summed E-state index contributed by atoms with van der Waals surface area (Å²) in [5, 5.41) is 2.70. The fourth-order valence-electron chi connectivity index (χ4n) is 4.11. The molecule has 0 spiro atoms. The molecule has 186 valence electrons. The van der Waals surface area contributed by atoms with Crippen molar-refractivity contribution in [2.75, 3.05) is 36.5 Å². The van der Waals surface area contributed by atoms with Crippen LogP contribution in [0.2, 0.25) is 0 Å². The number of H-pyrrole nitrogens is 1. The lowest BCUT2D eigenvalue weighted by Crippen LogP contribution is -2.29. The predicted octanol–water partition coefficient (Wildman–Crippen LogP) is 3.23. The molecule has 1 saturated heterocycles. The SMILES string of the molecule is CC(C)(C)C(=O)c1c[nH]c2ncc(-c3cc(C(=O)NCCS(C)(=O)=O)cc(N4CCCC4)c3)nc12. The van der Waals surface area contributed by atoms with Crippen molar-refractivity contribution >= 4 is 38.4 Å². The van der Waals surface area contributed by atoms with E-state index in [0.29, 0.717) is 33.5 Å². The molecule has 0 bridgehead atoms. The van der Waals surface area contributed by atoms with E-state index in [4.69, 9.17) is 4.98 Å². The average molecular weight is 498 g/mol. The van der Waals surface area contributed by atoms with Gasteiger partial charge in [0, 0.05) is 54.3 Å². The second-order valence-corrected chi connectivity index (χ2v) is 12.3. The molecule has 0 radical (unpaired) electrons. The Balaban J connectivity index is 1.74. The van der Waals surface area contributed by atoms with Crippen LogP contribution in [0.15, 0.2) is 30.6 Å². The summed E-state index contributed by atoms with van der Waals surface area (Å²) < 4.78 is 22.9. The molecule has 0 saturated carbocycles. The molecule has 2 N–H and O–H groups in total. The molecule has 9 nitrogen and oxygen atoms in total. The number of rotatable bonds is 7. The number of nitrogens with zero attached hydrogens (tertiary/aromatic N) is 3. The van der Waals surface area contributed by atoms with E-state index in [1.54, 1.807) is 18.5 Å². The minimum Gasteiger partial charge on any atom is -0.371 e. The molecule has 2 aromatic heterocycles. The van der Waals surface area contributed by atoms with Gasteiger partial charge in [-0.1, -0.05) is 20.8 Å². The van der Waals surface area contributed by atoms with Gasteiger partial charge in [-0.2, -0.15) is 0 Å². The first-order valence-electron chi connectivity index (χ1n) is 11.7. The zero-order chi connectivity index (χ0) is 25.4. The van der Waals surface area contributed by atoms with E-state index in [0.717, 1.165) is 37.9 Å². The first-order chi connectivity index (χ1) is 16.4. The van der Waals surface area contributed by atoms with Gasteiger partial charge in [-0.25, -0.2) is 18.4 Å². The van der Waals surface area contributed by atoms with Crippen molar-refractivity contribution in [1.82, 2.24) is 20.3 Å². The summed E-state index contributed by atoms with van der Waals surface area (Å²) in [6, 6.07) is 5.52. The smallest absolute Gasteiger partial charge is 0.251 e. The van der Waals surface area contributed by atoms with Gasteiger partial charge in [0.15, 0.2) is 11.4 Å². The Morgan fingerprint density at radius 3 is 2.51 bits per heavy atom. The predicted molar refractivity (Wildman–Crippen MR) is 137 cm³/mol. The number of ketones is 1.